The monoisotopic (exact) mass is 211 g/mol. The molecule has 0 aliphatic rings. The highest BCUT2D eigenvalue weighted by atomic mass is 16.5. The molecule has 4 nitrogen and oxygen atoms in total. The maximum atomic E-state index is 10.00. The highest BCUT2D eigenvalue weighted by Crippen LogP contribution is 2.28. The molecule has 1 aromatic carbocycles. The highest BCUT2D eigenvalue weighted by Gasteiger charge is 2.22. The number of ether oxygens (including phenoxy) is 2. The third kappa shape index (κ3) is 2.61. The summed E-state index contributed by atoms with van der Waals surface area (Å²) in [7, 11) is 3.13. The predicted octanol–water partition coefficient (Wildman–Crippen LogP) is 0.870. The van der Waals surface area contributed by atoms with Gasteiger partial charge in [-0.25, -0.2) is 0 Å². The molecule has 4 heteroatoms. The lowest BCUT2D eigenvalue weighted by atomic mass is 9.96. The van der Waals surface area contributed by atoms with Gasteiger partial charge in [-0.05, 0) is 24.6 Å². The Labute approximate surface area is 89.6 Å². The maximum absolute atomic E-state index is 10.00. The maximum Gasteiger partial charge on any atom is 0.122 e. The number of rotatable bonds is 4. The summed E-state index contributed by atoms with van der Waals surface area (Å²) in [6.45, 7) is 1.80. The molecular weight excluding hydrogens is 194 g/mol. The molecule has 0 heterocycles. The van der Waals surface area contributed by atoms with Crippen molar-refractivity contribution in [3.05, 3.63) is 23.8 Å². The molecule has 0 fully saturated rings. The summed E-state index contributed by atoms with van der Waals surface area (Å²) in [4.78, 5) is 0. The number of nitrogens with two attached hydrogens (primary N) is 1. The standard InChI is InChI=1S/C11H17NO3/c1-11(13,7-12)8-4-9(14-2)6-10(5-8)15-3/h4-6,13H,7,12H2,1-3H3. The topological polar surface area (TPSA) is 64.7 Å². The van der Waals surface area contributed by atoms with E-state index in [9.17, 15) is 5.11 Å². The van der Waals surface area contributed by atoms with Gasteiger partial charge in [-0.2, -0.15) is 0 Å². The minimum absolute atomic E-state index is 0.142. The average molecular weight is 211 g/mol. The Morgan fingerprint density at radius 2 is 1.67 bits per heavy atom. The van der Waals surface area contributed by atoms with Crippen molar-refractivity contribution in [3.8, 4) is 11.5 Å². The normalized spacial score (nSPS) is 14.5. The molecule has 0 saturated carbocycles. The Morgan fingerprint density at radius 1 is 1.20 bits per heavy atom. The van der Waals surface area contributed by atoms with E-state index in [2.05, 4.69) is 0 Å². The molecule has 1 unspecified atom stereocenters. The van der Waals surface area contributed by atoms with Crippen LogP contribution in [0.15, 0.2) is 18.2 Å². The number of hydrogen-bond acceptors (Lipinski definition) is 4. The van der Waals surface area contributed by atoms with Gasteiger partial charge in [0.05, 0.1) is 19.8 Å². The number of methoxy groups -OCH3 is 2. The minimum Gasteiger partial charge on any atom is -0.497 e. The summed E-state index contributed by atoms with van der Waals surface area (Å²) < 4.78 is 10.2. The van der Waals surface area contributed by atoms with Crippen LogP contribution >= 0.6 is 0 Å². The van der Waals surface area contributed by atoms with Crippen molar-refractivity contribution in [2.75, 3.05) is 20.8 Å². The van der Waals surface area contributed by atoms with Crippen LogP contribution in [0.2, 0.25) is 0 Å². The van der Waals surface area contributed by atoms with Crippen LogP contribution in [0.25, 0.3) is 0 Å². The van der Waals surface area contributed by atoms with Gasteiger partial charge in [-0.15, -0.1) is 0 Å². The molecule has 0 aliphatic carbocycles. The zero-order valence-electron chi connectivity index (χ0n) is 9.28. The van der Waals surface area contributed by atoms with Crippen LogP contribution in [0, 0.1) is 0 Å². The van der Waals surface area contributed by atoms with Crippen molar-refractivity contribution in [1.29, 1.82) is 0 Å². The van der Waals surface area contributed by atoms with Gasteiger partial charge in [-0.1, -0.05) is 0 Å². The first-order valence-electron chi connectivity index (χ1n) is 4.69. The summed E-state index contributed by atoms with van der Waals surface area (Å²) >= 11 is 0. The van der Waals surface area contributed by atoms with E-state index in [4.69, 9.17) is 15.2 Å². The molecule has 15 heavy (non-hydrogen) atoms. The average Bonchev–Trinajstić information content (AvgIpc) is 2.28. The van der Waals surface area contributed by atoms with Crippen LogP contribution in [0.3, 0.4) is 0 Å². The molecular formula is C11H17NO3. The van der Waals surface area contributed by atoms with E-state index in [-0.39, 0.29) is 6.54 Å². The molecule has 0 aliphatic heterocycles. The first-order valence-corrected chi connectivity index (χ1v) is 4.69. The molecule has 0 spiro atoms. The molecule has 0 amide bonds. The van der Waals surface area contributed by atoms with Crippen molar-refractivity contribution in [3.63, 3.8) is 0 Å². The molecule has 0 radical (unpaired) electrons. The lowest BCUT2D eigenvalue weighted by Gasteiger charge is -2.22. The van der Waals surface area contributed by atoms with Crippen LogP contribution in [-0.4, -0.2) is 25.9 Å². The molecule has 3 N–H and O–H groups in total. The fraction of sp³-hybridized carbons (Fsp3) is 0.455. The quantitative estimate of drug-likeness (QED) is 0.775. The third-order valence-corrected chi connectivity index (χ3v) is 2.37. The van der Waals surface area contributed by atoms with Crippen LogP contribution in [0.1, 0.15) is 12.5 Å². The largest absolute Gasteiger partial charge is 0.497 e. The Morgan fingerprint density at radius 3 is 2.00 bits per heavy atom. The zero-order valence-corrected chi connectivity index (χ0v) is 9.28. The zero-order chi connectivity index (χ0) is 11.5. The van der Waals surface area contributed by atoms with E-state index >= 15 is 0 Å². The lowest BCUT2D eigenvalue weighted by Crippen LogP contribution is -2.31. The minimum atomic E-state index is -1.07. The van der Waals surface area contributed by atoms with Gasteiger partial charge in [0.2, 0.25) is 0 Å². The van der Waals surface area contributed by atoms with Gasteiger partial charge in [0, 0.05) is 12.6 Å². The summed E-state index contributed by atoms with van der Waals surface area (Å²) in [5.41, 5.74) is 5.10. The lowest BCUT2D eigenvalue weighted by molar-refractivity contribution is 0.0663. The predicted molar refractivity (Wildman–Crippen MR) is 58.2 cm³/mol. The molecule has 0 saturated heterocycles. The Kier molecular flexibility index (Phi) is 3.55. The Balaban J connectivity index is 3.18. The van der Waals surface area contributed by atoms with Gasteiger partial charge in [0.25, 0.3) is 0 Å². The molecule has 1 aromatic rings. The second-order valence-corrected chi connectivity index (χ2v) is 3.58. The summed E-state index contributed by atoms with van der Waals surface area (Å²) in [6.07, 6.45) is 0. The molecule has 0 aromatic heterocycles. The first kappa shape index (κ1) is 11.8. The fourth-order valence-electron chi connectivity index (χ4n) is 1.24. The van der Waals surface area contributed by atoms with Crippen molar-refractivity contribution < 1.29 is 14.6 Å². The smallest absolute Gasteiger partial charge is 0.122 e. The van der Waals surface area contributed by atoms with Gasteiger partial charge < -0.3 is 20.3 Å². The fourth-order valence-corrected chi connectivity index (χ4v) is 1.24. The summed E-state index contributed by atoms with van der Waals surface area (Å²) in [6, 6.07) is 5.24. The number of hydrogen-bond donors (Lipinski definition) is 2. The van der Waals surface area contributed by atoms with Crippen LogP contribution in [0.4, 0.5) is 0 Å². The van der Waals surface area contributed by atoms with Gasteiger partial charge in [0.15, 0.2) is 0 Å². The summed E-state index contributed by atoms with van der Waals surface area (Å²) in [5.74, 6) is 1.27. The summed E-state index contributed by atoms with van der Waals surface area (Å²) in [5, 5.41) is 10.00. The number of benzene rings is 1. The van der Waals surface area contributed by atoms with Gasteiger partial charge in [0.1, 0.15) is 11.5 Å². The van der Waals surface area contributed by atoms with E-state index in [1.165, 1.54) is 0 Å². The van der Waals surface area contributed by atoms with Crippen LogP contribution in [0.5, 0.6) is 11.5 Å². The van der Waals surface area contributed by atoms with Crippen LogP contribution < -0.4 is 15.2 Å². The van der Waals surface area contributed by atoms with Gasteiger partial charge >= 0.3 is 0 Å². The molecule has 1 atom stereocenters. The third-order valence-electron chi connectivity index (χ3n) is 2.37. The van der Waals surface area contributed by atoms with Crippen molar-refractivity contribution in [1.82, 2.24) is 0 Å². The Hall–Kier alpha value is -1.26. The Bertz CT molecular complexity index is 314. The highest BCUT2D eigenvalue weighted by molar-refractivity contribution is 5.40. The van der Waals surface area contributed by atoms with E-state index in [1.807, 2.05) is 0 Å². The van der Waals surface area contributed by atoms with E-state index in [1.54, 1.807) is 39.3 Å². The van der Waals surface area contributed by atoms with Gasteiger partial charge in [-0.3, -0.25) is 0 Å². The first-order chi connectivity index (χ1) is 7.03. The molecule has 84 valence electrons. The molecule has 0 bridgehead atoms. The van der Waals surface area contributed by atoms with E-state index < -0.39 is 5.60 Å². The SMILES string of the molecule is COc1cc(OC)cc(C(C)(O)CN)c1. The van der Waals surface area contributed by atoms with Crippen molar-refractivity contribution in [2.24, 2.45) is 5.73 Å². The van der Waals surface area contributed by atoms with E-state index in [0.29, 0.717) is 17.1 Å². The van der Waals surface area contributed by atoms with Crippen molar-refractivity contribution >= 4 is 0 Å². The second-order valence-electron chi connectivity index (χ2n) is 3.58. The van der Waals surface area contributed by atoms with Crippen molar-refractivity contribution in [2.45, 2.75) is 12.5 Å². The second kappa shape index (κ2) is 4.51. The molecule has 1 rings (SSSR count). The van der Waals surface area contributed by atoms with Crippen LogP contribution in [-0.2, 0) is 5.60 Å². The number of aliphatic hydroxyl groups is 1. The van der Waals surface area contributed by atoms with E-state index in [0.717, 1.165) is 0 Å².